The van der Waals surface area contributed by atoms with Crippen molar-refractivity contribution in [1.29, 1.82) is 0 Å². The van der Waals surface area contributed by atoms with Gasteiger partial charge < -0.3 is 0 Å². The average molecular weight is 1330 g/mol. The Balaban J connectivity index is 0.00000104. The van der Waals surface area contributed by atoms with Gasteiger partial charge in [-0.1, -0.05) is 55.5 Å². The van der Waals surface area contributed by atoms with E-state index in [1.165, 1.54) is 54.7 Å². The van der Waals surface area contributed by atoms with Gasteiger partial charge in [-0.05, 0) is 180 Å². The van der Waals surface area contributed by atoms with Gasteiger partial charge in [0.1, 0.15) is 55.4 Å². The van der Waals surface area contributed by atoms with Crippen LogP contribution in [0.2, 0.25) is 0 Å². The third kappa shape index (κ3) is 59.9. The van der Waals surface area contributed by atoms with Gasteiger partial charge in [0, 0.05) is 111 Å². The third-order valence-corrected chi connectivity index (χ3v) is 10.1. The number of aryl methyl sites for hydroxylation is 14. The summed E-state index contributed by atoms with van der Waals surface area (Å²) in [6.07, 6.45) is 43.1. The monoisotopic (exact) mass is 1330 g/mol. The summed E-state index contributed by atoms with van der Waals surface area (Å²) in [6.45, 7) is 27.0. The van der Waals surface area contributed by atoms with Crippen LogP contribution in [-0.4, -0.2) is 136 Å². The van der Waals surface area contributed by atoms with Crippen molar-refractivity contribution in [3.05, 3.63) is 344 Å². The van der Waals surface area contributed by atoms with Crippen LogP contribution in [0.1, 0.15) is 86.9 Å². The van der Waals surface area contributed by atoms with E-state index < -0.39 is 0 Å². The molecule has 0 aliphatic rings. The number of benzene rings is 1. The molecule has 0 saturated heterocycles. The Morgan fingerprint density at radius 2 is 0.687 bits per heavy atom. The molecule has 0 N–H and O–H groups in total. The standard InChI is InChI=1S/C7H8.3C6H7N.6C5H6N2.4C4H5N3.CH4/c1-7-5-3-2-4-6-7;1-6-2-4-7-5-3-6;1-6-3-2-4-7-5-6;1-6-4-2-3-5-7-6;1-5-2-6-4-7-3-5;1-5-4-6-2-3-7-5;1-5-2-3-6-4-7-5;1-5-2-3-6-7-4-5;1-5-6-3-2-4-7-5;1-5-3-2-4-6-7-5;1-4-6-2-5-3-7-4;1-4-2-6-7-3-5-4;1-4-2-5-3-6-7-4;1-4-5-2-3-6-7-4;/h2-6H,1H3;3*2-5H,1H3;6*2-4H,1H3;4*2-3H,1H3;1H4. The van der Waals surface area contributed by atoms with Crippen LogP contribution in [0.3, 0.4) is 0 Å². The predicted molar refractivity (Wildman–Crippen MR) is 384 cm³/mol. The molecule has 14 aromatic rings. The smallest absolute Gasteiger partial charge is 0.147 e. The normalized spacial score (nSPS) is 8.63. The molecule has 0 bridgehead atoms. The molecule has 0 spiro atoms. The van der Waals surface area contributed by atoms with Gasteiger partial charge in [-0.2, -0.15) is 35.7 Å². The summed E-state index contributed by atoms with van der Waals surface area (Å²) in [4.78, 5) is 64.8. The zero-order valence-electron chi connectivity index (χ0n) is 57.9. The zero-order chi connectivity index (χ0) is 71.6. The van der Waals surface area contributed by atoms with Crippen LogP contribution in [-0.2, 0) is 0 Å². The summed E-state index contributed by atoms with van der Waals surface area (Å²) >= 11 is 0. The maximum Gasteiger partial charge on any atom is 0.147 e. The average Bonchev–Trinajstić information content (AvgIpc) is 3.63. The number of pyridine rings is 3. The molecule has 512 valence electrons. The molecule has 0 fully saturated rings. The van der Waals surface area contributed by atoms with Gasteiger partial charge >= 0.3 is 0 Å². The lowest BCUT2D eigenvalue weighted by molar-refractivity contribution is 0.907. The minimum Gasteiger partial charge on any atom is -0.265 e. The van der Waals surface area contributed by atoms with Crippen LogP contribution in [0, 0.1) is 96.9 Å². The maximum atomic E-state index is 3.98. The summed E-state index contributed by atoms with van der Waals surface area (Å²) in [6, 6.07) is 33.4. The molecule has 0 radical (unpaired) electrons. The molecular formula is C72H89N27. The molecule has 13 aromatic heterocycles. The van der Waals surface area contributed by atoms with E-state index in [-0.39, 0.29) is 7.43 Å². The van der Waals surface area contributed by atoms with E-state index in [1.807, 2.05) is 174 Å². The minimum absolute atomic E-state index is 0. The second-order valence-electron chi connectivity index (χ2n) is 19.2. The number of rotatable bonds is 0. The first kappa shape index (κ1) is 86.2. The van der Waals surface area contributed by atoms with Gasteiger partial charge in [-0.3, -0.25) is 24.9 Å². The van der Waals surface area contributed by atoms with Crippen molar-refractivity contribution in [2.45, 2.75) is 104 Å². The summed E-state index contributed by atoms with van der Waals surface area (Å²) in [5.74, 6) is 2.29. The van der Waals surface area contributed by atoms with Crippen LogP contribution in [0.15, 0.2) is 265 Å². The first-order chi connectivity index (χ1) is 47.5. The van der Waals surface area contributed by atoms with Crippen LogP contribution in [0.4, 0.5) is 0 Å². The van der Waals surface area contributed by atoms with Crippen LogP contribution < -0.4 is 0 Å². The Morgan fingerprint density at radius 1 is 0.182 bits per heavy atom. The molecule has 0 amide bonds. The van der Waals surface area contributed by atoms with Crippen LogP contribution in [0.25, 0.3) is 0 Å². The second-order valence-corrected chi connectivity index (χ2v) is 19.2. The largest absolute Gasteiger partial charge is 0.265 e. The number of hydrogen-bond acceptors (Lipinski definition) is 27. The molecule has 0 unspecified atom stereocenters. The van der Waals surface area contributed by atoms with E-state index in [0.29, 0.717) is 5.82 Å². The maximum absolute atomic E-state index is 3.98. The molecule has 0 aliphatic heterocycles. The van der Waals surface area contributed by atoms with Crippen molar-refractivity contribution in [3.8, 4) is 0 Å². The van der Waals surface area contributed by atoms with E-state index in [0.717, 1.165) is 56.9 Å². The number of hydrogen-bond donors (Lipinski definition) is 0. The molecule has 27 heteroatoms. The van der Waals surface area contributed by atoms with E-state index in [1.54, 1.807) is 131 Å². The summed E-state index contributed by atoms with van der Waals surface area (Å²) in [7, 11) is 0. The molecular weight excluding hydrogens is 1240 g/mol. The van der Waals surface area contributed by atoms with Gasteiger partial charge in [-0.25, -0.2) is 59.8 Å². The molecule has 14 rings (SSSR count). The van der Waals surface area contributed by atoms with Gasteiger partial charge in [0.05, 0.1) is 47.6 Å². The number of aromatic nitrogens is 27. The first-order valence-corrected chi connectivity index (χ1v) is 29.9. The highest BCUT2D eigenvalue weighted by Crippen LogP contribution is 1.94. The van der Waals surface area contributed by atoms with E-state index in [4.69, 9.17) is 0 Å². The first-order valence-electron chi connectivity index (χ1n) is 29.9. The van der Waals surface area contributed by atoms with Crippen molar-refractivity contribution < 1.29 is 0 Å². The lowest BCUT2D eigenvalue weighted by Gasteiger charge is -1.82. The van der Waals surface area contributed by atoms with Crippen molar-refractivity contribution in [3.63, 3.8) is 0 Å². The lowest BCUT2D eigenvalue weighted by Crippen LogP contribution is -1.85. The summed E-state index contributed by atoms with van der Waals surface area (Å²) in [5.41, 5.74) is 11.8. The van der Waals surface area contributed by atoms with Gasteiger partial charge in [0.2, 0.25) is 0 Å². The minimum atomic E-state index is 0. The summed E-state index contributed by atoms with van der Waals surface area (Å²) in [5, 5.41) is 36.0. The third-order valence-electron chi connectivity index (χ3n) is 10.1. The van der Waals surface area contributed by atoms with Gasteiger partial charge in [-0.15, -0.1) is 15.3 Å². The Labute approximate surface area is 582 Å². The van der Waals surface area contributed by atoms with Crippen molar-refractivity contribution in [2.24, 2.45) is 0 Å². The molecule has 13 heterocycles. The zero-order valence-corrected chi connectivity index (χ0v) is 57.9. The molecule has 0 aliphatic carbocycles. The Hall–Kier alpha value is -12.8. The SMILES string of the molecule is C.Cc1ccccc1.Cc1ccccn1.Cc1cccnc1.Cc1cccnn1.Cc1ccncc1.Cc1ccncn1.Cc1ccnnc1.Cc1cnccn1.Cc1cncnc1.Cc1cncnn1.Cc1cnncn1.Cc1ncccn1.Cc1nccnn1.Cc1ncncn1. The molecule has 27 nitrogen and oxygen atoms in total. The van der Waals surface area contributed by atoms with Crippen LogP contribution in [0.5, 0.6) is 0 Å². The molecule has 1 aromatic carbocycles. The topological polar surface area (TPSA) is 348 Å². The Morgan fingerprint density at radius 3 is 0.970 bits per heavy atom. The predicted octanol–water partition coefficient (Wildman–Crippen LogP) is 12.2. The Kier molecular flexibility index (Phi) is 53.4. The molecule has 0 saturated carbocycles. The van der Waals surface area contributed by atoms with Crippen molar-refractivity contribution in [2.75, 3.05) is 0 Å². The fourth-order valence-corrected chi connectivity index (χ4v) is 5.29. The number of nitrogens with zero attached hydrogens (tertiary/aromatic N) is 27. The lowest BCUT2D eigenvalue weighted by atomic mass is 10.2. The van der Waals surface area contributed by atoms with Crippen molar-refractivity contribution in [1.82, 2.24) is 136 Å². The van der Waals surface area contributed by atoms with Crippen LogP contribution >= 0.6 is 0 Å². The summed E-state index contributed by atoms with van der Waals surface area (Å²) < 4.78 is 0. The van der Waals surface area contributed by atoms with Gasteiger partial charge in [0.15, 0.2) is 0 Å². The highest BCUT2D eigenvalue weighted by atomic mass is 15.1. The Bertz CT molecular complexity index is 2900. The van der Waals surface area contributed by atoms with E-state index in [9.17, 15) is 0 Å². The fourth-order valence-electron chi connectivity index (χ4n) is 5.29. The van der Waals surface area contributed by atoms with Crippen molar-refractivity contribution >= 4 is 0 Å². The molecule has 99 heavy (non-hydrogen) atoms. The highest BCUT2D eigenvalue weighted by molar-refractivity contribution is 5.12. The van der Waals surface area contributed by atoms with E-state index in [2.05, 4.69) is 155 Å². The fraction of sp³-hybridized carbons (Fsp3) is 0.208. The highest BCUT2D eigenvalue weighted by Gasteiger charge is 1.83. The quantitative estimate of drug-likeness (QED) is 0.136. The van der Waals surface area contributed by atoms with Gasteiger partial charge in [0.25, 0.3) is 0 Å². The molecule has 0 atom stereocenters. The van der Waals surface area contributed by atoms with E-state index >= 15 is 0 Å². The second kappa shape index (κ2) is 61.4.